The van der Waals surface area contributed by atoms with E-state index in [0.717, 1.165) is 41.8 Å². The van der Waals surface area contributed by atoms with E-state index in [0.29, 0.717) is 5.56 Å². The molecule has 0 heterocycles. The zero-order chi connectivity index (χ0) is 29.6. The quantitative estimate of drug-likeness (QED) is 0.303. The van der Waals surface area contributed by atoms with Crippen molar-refractivity contribution in [3.8, 4) is 0 Å². The van der Waals surface area contributed by atoms with Crippen molar-refractivity contribution in [3.63, 3.8) is 0 Å². The van der Waals surface area contributed by atoms with Gasteiger partial charge in [-0.2, -0.15) is 0 Å². The molecule has 0 spiro atoms. The molecule has 41 heavy (non-hydrogen) atoms. The Labute approximate surface area is 250 Å². The summed E-state index contributed by atoms with van der Waals surface area (Å²) >= 11 is 12.2. The van der Waals surface area contributed by atoms with Crippen LogP contribution in [0.2, 0.25) is 10.0 Å². The number of rotatable bonds is 11. The van der Waals surface area contributed by atoms with Gasteiger partial charge in [0.25, 0.3) is 0 Å². The molecule has 3 aromatic carbocycles. The van der Waals surface area contributed by atoms with Crippen LogP contribution in [0, 0.1) is 5.82 Å². The minimum Gasteiger partial charge on any atom is -0.352 e. The highest BCUT2D eigenvalue weighted by Gasteiger charge is 2.34. The third-order valence-corrected chi connectivity index (χ3v) is 8.99. The summed E-state index contributed by atoms with van der Waals surface area (Å²) in [5, 5.41) is 3.47. The Bertz CT molecular complexity index is 1470. The third kappa shape index (κ3) is 8.44. The lowest BCUT2D eigenvalue weighted by atomic mass is 10.0. The standard InChI is InChI=1S/C30H32Cl2FN3O4S/c1-41(39,40)36(25-15-16-26(31)27(32)18-25)20-29(37)35(19-22-11-13-23(33)14-12-22)28(17-21-7-3-2-4-8-21)30(38)34-24-9-5-6-10-24/h2-4,7-8,11-16,18,24,28H,5-6,9-10,17,19-20H2,1H3,(H,34,38). The van der Waals surface area contributed by atoms with Gasteiger partial charge in [0.05, 0.1) is 22.0 Å². The summed E-state index contributed by atoms with van der Waals surface area (Å²) in [5.41, 5.74) is 1.58. The van der Waals surface area contributed by atoms with Crippen LogP contribution in [-0.2, 0) is 32.6 Å². The second-order valence-corrected chi connectivity index (χ2v) is 12.9. The van der Waals surface area contributed by atoms with Crippen molar-refractivity contribution >= 4 is 50.7 Å². The van der Waals surface area contributed by atoms with Gasteiger partial charge in [0, 0.05) is 19.0 Å². The lowest BCUT2D eigenvalue weighted by molar-refractivity contribution is -0.140. The molecule has 0 bridgehead atoms. The molecule has 0 radical (unpaired) electrons. The van der Waals surface area contributed by atoms with Crippen molar-refractivity contribution in [1.82, 2.24) is 10.2 Å². The number of amides is 2. The molecule has 0 saturated heterocycles. The first-order valence-electron chi connectivity index (χ1n) is 13.3. The van der Waals surface area contributed by atoms with Crippen molar-refractivity contribution in [2.75, 3.05) is 17.1 Å². The average Bonchev–Trinajstić information content (AvgIpc) is 3.45. The second kappa shape index (κ2) is 13.7. The maximum Gasteiger partial charge on any atom is 0.244 e. The summed E-state index contributed by atoms with van der Waals surface area (Å²) in [6.45, 7) is -0.617. The van der Waals surface area contributed by atoms with E-state index in [1.807, 2.05) is 30.3 Å². The minimum absolute atomic E-state index is 0.00673. The molecule has 1 fully saturated rings. The molecule has 1 aliphatic rings. The highest BCUT2D eigenvalue weighted by molar-refractivity contribution is 7.92. The summed E-state index contributed by atoms with van der Waals surface area (Å²) < 4.78 is 40.4. The van der Waals surface area contributed by atoms with E-state index >= 15 is 0 Å². The zero-order valence-electron chi connectivity index (χ0n) is 22.6. The van der Waals surface area contributed by atoms with Gasteiger partial charge in [-0.1, -0.05) is 78.5 Å². The van der Waals surface area contributed by atoms with Crippen LogP contribution in [0.5, 0.6) is 0 Å². The van der Waals surface area contributed by atoms with Crippen LogP contribution in [0.4, 0.5) is 10.1 Å². The molecule has 11 heteroatoms. The molecule has 7 nitrogen and oxygen atoms in total. The number of hydrogen-bond acceptors (Lipinski definition) is 4. The minimum atomic E-state index is -3.94. The lowest BCUT2D eigenvalue weighted by Crippen LogP contribution is -2.54. The largest absolute Gasteiger partial charge is 0.352 e. The lowest BCUT2D eigenvalue weighted by Gasteiger charge is -2.34. The SMILES string of the molecule is CS(=O)(=O)N(CC(=O)N(Cc1ccc(F)cc1)C(Cc1ccccc1)C(=O)NC1CCCC1)c1ccc(Cl)c(Cl)c1. The molecule has 1 atom stereocenters. The van der Waals surface area contributed by atoms with Gasteiger partial charge in [0.2, 0.25) is 21.8 Å². The summed E-state index contributed by atoms with van der Waals surface area (Å²) in [6, 6.07) is 18.3. The van der Waals surface area contributed by atoms with Gasteiger partial charge >= 0.3 is 0 Å². The van der Waals surface area contributed by atoms with E-state index in [-0.39, 0.29) is 40.6 Å². The molecule has 1 unspecified atom stereocenters. The first kappa shape index (κ1) is 30.8. The number of hydrogen-bond donors (Lipinski definition) is 1. The topological polar surface area (TPSA) is 86.8 Å². The van der Waals surface area contributed by atoms with Crippen LogP contribution in [0.25, 0.3) is 0 Å². The van der Waals surface area contributed by atoms with E-state index < -0.39 is 34.3 Å². The summed E-state index contributed by atoms with van der Waals surface area (Å²) in [7, 11) is -3.94. The van der Waals surface area contributed by atoms with E-state index in [4.69, 9.17) is 23.2 Å². The van der Waals surface area contributed by atoms with Crippen molar-refractivity contribution in [1.29, 1.82) is 0 Å². The summed E-state index contributed by atoms with van der Waals surface area (Å²) in [5.74, 6) is -1.36. The average molecular weight is 621 g/mol. The number of benzene rings is 3. The normalized spacial score (nSPS) is 14.4. The number of halogens is 3. The predicted octanol–water partition coefficient (Wildman–Crippen LogP) is 5.60. The Kier molecular flexibility index (Phi) is 10.3. The van der Waals surface area contributed by atoms with E-state index in [1.54, 1.807) is 0 Å². The number of sulfonamides is 1. The van der Waals surface area contributed by atoms with Crippen molar-refractivity contribution in [2.45, 2.75) is 50.7 Å². The number of nitrogens with one attached hydrogen (secondary N) is 1. The maximum absolute atomic E-state index is 14.1. The van der Waals surface area contributed by atoms with Crippen LogP contribution < -0.4 is 9.62 Å². The van der Waals surface area contributed by atoms with Crippen LogP contribution in [0.3, 0.4) is 0 Å². The zero-order valence-corrected chi connectivity index (χ0v) is 24.9. The summed E-state index contributed by atoms with van der Waals surface area (Å²) in [4.78, 5) is 29.3. The molecule has 1 saturated carbocycles. The molecule has 1 N–H and O–H groups in total. The van der Waals surface area contributed by atoms with Gasteiger partial charge in [-0.25, -0.2) is 12.8 Å². The highest BCUT2D eigenvalue weighted by Crippen LogP contribution is 2.29. The molecule has 0 aromatic heterocycles. The fourth-order valence-corrected chi connectivity index (χ4v) is 6.10. The molecule has 4 rings (SSSR count). The van der Waals surface area contributed by atoms with Gasteiger partial charge in [-0.3, -0.25) is 13.9 Å². The Morgan fingerprint density at radius 1 is 0.951 bits per heavy atom. The van der Waals surface area contributed by atoms with Crippen molar-refractivity contribution in [2.24, 2.45) is 0 Å². The highest BCUT2D eigenvalue weighted by atomic mass is 35.5. The van der Waals surface area contributed by atoms with Crippen molar-refractivity contribution < 1.29 is 22.4 Å². The first-order chi connectivity index (χ1) is 19.5. The monoisotopic (exact) mass is 619 g/mol. The summed E-state index contributed by atoms with van der Waals surface area (Å²) in [6.07, 6.45) is 4.93. The Morgan fingerprint density at radius 2 is 1.61 bits per heavy atom. The smallest absolute Gasteiger partial charge is 0.244 e. The predicted molar refractivity (Wildman–Crippen MR) is 160 cm³/mol. The van der Waals surface area contributed by atoms with E-state index in [1.165, 1.54) is 47.4 Å². The van der Waals surface area contributed by atoms with E-state index in [2.05, 4.69) is 5.32 Å². The van der Waals surface area contributed by atoms with Crippen molar-refractivity contribution in [3.05, 3.63) is 99.8 Å². The molecular weight excluding hydrogens is 588 g/mol. The van der Waals surface area contributed by atoms with Gasteiger partial charge in [-0.15, -0.1) is 0 Å². The molecule has 3 aromatic rings. The number of carbonyl (C=O) groups is 2. The number of carbonyl (C=O) groups excluding carboxylic acids is 2. The van der Waals surface area contributed by atoms with Crippen LogP contribution in [-0.4, -0.2) is 50.0 Å². The van der Waals surface area contributed by atoms with Gasteiger partial charge in [0.1, 0.15) is 18.4 Å². The van der Waals surface area contributed by atoms with Crippen LogP contribution in [0.15, 0.2) is 72.8 Å². The first-order valence-corrected chi connectivity index (χ1v) is 15.9. The van der Waals surface area contributed by atoms with E-state index in [9.17, 15) is 22.4 Å². The molecular formula is C30H32Cl2FN3O4S. The molecule has 1 aliphatic carbocycles. The van der Waals surface area contributed by atoms with Crippen LogP contribution >= 0.6 is 23.2 Å². The van der Waals surface area contributed by atoms with Gasteiger partial charge < -0.3 is 10.2 Å². The van der Waals surface area contributed by atoms with Crippen LogP contribution in [0.1, 0.15) is 36.8 Å². The molecule has 2 amide bonds. The Morgan fingerprint density at radius 3 is 2.22 bits per heavy atom. The Hall–Kier alpha value is -3.14. The maximum atomic E-state index is 14.1. The second-order valence-electron chi connectivity index (χ2n) is 10.2. The molecule has 218 valence electrons. The third-order valence-electron chi connectivity index (χ3n) is 7.11. The number of anilines is 1. The van der Waals surface area contributed by atoms with Gasteiger partial charge in [-0.05, 0) is 54.3 Å². The number of nitrogens with zero attached hydrogens (tertiary/aromatic N) is 2. The van der Waals surface area contributed by atoms with Gasteiger partial charge in [0.15, 0.2) is 0 Å². The fourth-order valence-electron chi connectivity index (χ4n) is 4.96. The Balaban J connectivity index is 1.72. The fraction of sp³-hybridized carbons (Fsp3) is 0.333. The molecule has 0 aliphatic heterocycles.